The fraction of sp³-hybridized carbons (Fsp3) is 0.370. The topological polar surface area (TPSA) is 89.8 Å². The molecule has 2 aliphatic rings. The van der Waals surface area contributed by atoms with Crippen LogP contribution in [0.25, 0.3) is 16.6 Å². The lowest BCUT2D eigenvalue weighted by molar-refractivity contribution is 0.0675. The van der Waals surface area contributed by atoms with Gasteiger partial charge in [-0.15, -0.1) is 0 Å². The van der Waals surface area contributed by atoms with E-state index in [0.29, 0.717) is 17.9 Å². The number of carbonyl (C=O) groups excluding carboxylic acids is 1. The van der Waals surface area contributed by atoms with Gasteiger partial charge in [0.15, 0.2) is 6.23 Å². The van der Waals surface area contributed by atoms with Crippen molar-refractivity contribution in [3.63, 3.8) is 0 Å². The van der Waals surface area contributed by atoms with Gasteiger partial charge in [0.25, 0.3) is 5.91 Å². The van der Waals surface area contributed by atoms with Crippen LogP contribution in [0.2, 0.25) is 0 Å². The van der Waals surface area contributed by atoms with Crippen LogP contribution in [-0.2, 0) is 4.74 Å². The number of imidazole rings is 1. The van der Waals surface area contributed by atoms with Crippen LogP contribution in [0.5, 0.6) is 5.75 Å². The van der Waals surface area contributed by atoms with Crippen molar-refractivity contribution in [2.45, 2.75) is 58.9 Å². The highest BCUT2D eigenvalue weighted by Crippen LogP contribution is 2.36. The number of benzene rings is 2. The molecule has 0 aliphatic carbocycles. The van der Waals surface area contributed by atoms with Gasteiger partial charge < -0.3 is 24.7 Å². The fourth-order valence-corrected chi connectivity index (χ4v) is 4.62. The summed E-state index contributed by atoms with van der Waals surface area (Å²) < 4.78 is 14.3. The average molecular weight is 474 g/mol. The lowest BCUT2D eigenvalue weighted by Gasteiger charge is -2.29. The van der Waals surface area contributed by atoms with E-state index in [1.165, 1.54) is 0 Å². The Labute approximate surface area is 205 Å². The number of amides is 1. The highest BCUT2D eigenvalue weighted by molar-refractivity contribution is 6.08. The summed E-state index contributed by atoms with van der Waals surface area (Å²) in [5.74, 6) is 1.44. The minimum atomic E-state index is -0.425. The van der Waals surface area contributed by atoms with Crippen molar-refractivity contribution in [2.75, 3.05) is 11.9 Å². The van der Waals surface area contributed by atoms with Crippen molar-refractivity contribution < 1.29 is 14.3 Å². The molecule has 2 aliphatic heterocycles. The predicted octanol–water partition coefficient (Wildman–Crippen LogP) is 5.05. The van der Waals surface area contributed by atoms with E-state index in [1.54, 1.807) is 6.34 Å². The largest absolute Gasteiger partial charge is 0.488 e. The van der Waals surface area contributed by atoms with Crippen LogP contribution < -0.4 is 15.4 Å². The number of aromatic nitrogens is 2. The van der Waals surface area contributed by atoms with Crippen molar-refractivity contribution in [3.05, 3.63) is 59.5 Å². The maximum atomic E-state index is 13.3. The number of anilines is 1. The van der Waals surface area contributed by atoms with Crippen LogP contribution in [0.1, 0.15) is 61.9 Å². The molecule has 182 valence electrons. The van der Waals surface area contributed by atoms with Gasteiger partial charge in [-0.2, -0.15) is 0 Å². The van der Waals surface area contributed by atoms with E-state index >= 15 is 0 Å². The van der Waals surface area contributed by atoms with E-state index in [-0.39, 0.29) is 17.6 Å². The molecule has 5 rings (SSSR count). The van der Waals surface area contributed by atoms with E-state index in [2.05, 4.69) is 27.1 Å². The zero-order valence-corrected chi connectivity index (χ0v) is 20.8. The Morgan fingerprint density at radius 1 is 1.26 bits per heavy atom. The van der Waals surface area contributed by atoms with Crippen molar-refractivity contribution in [3.8, 4) is 5.75 Å². The summed E-state index contributed by atoms with van der Waals surface area (Å²) in [7, 11) is 0. The molecule has 0 fully saturated rings. The standard InChI is InChI=1S/C27H31N5O3/c1-6-19-14-34-26-22(13-28-15-29-26)21-11-17(12-23-24(21)32(19)16(2)30-23)25(33)31-18-7-9-20(10-8-18)35-27(3,4)5/h7-13,15,19,26H,6,14H2,1-5H3,(H,28,29)(H,31,33). The Morgan fingerprint density at radius 2 is 2.03 bits per heavy atom. The van der Waals surface area contributed by atoms with Crippen LogP contribution in [0, 0.1) is 6.92 Å². The number of ether oxygens (including phenoxy) is 2. The molecule has 2 atom stereocenters. The monoisotopic (exact) mass is 473 g/mol. The minimum Gasteiger partial charge on any atom is -0.488 e. The first-order valence-electron chi connectivity index (χ1n) is 12.0. The molecule has 0 saturated heterocycles. The van der Waals surface area contributed by atoms with Crippen LogP contribution in [0.15, 0.2) is 47.6 Å². The number of hydrogen-bond donors (Lipinski definition) is 2. The van der Waals surface area contributed by atoms with Gasteiger partial charge >= 0.3 is 0 Å². The van der Waals surface area contributed by atoms with Gasteiger partial charge in [-0.3, -0.25) is 4.79 Å². The van der Waals surface area contributed by atoms with E-state index in [4.69, 9.17) is 14.5 Å². The Balaban J connectivity index is 1.53. The number of carbonyl (C=O) groups is 1. The second-order valence-corrected chi connectivity index (χ2v) is 9.91. The summed E-state index contributed by atoms with van der Waals surface area (Å²) in [4.78, 5) is 22.6. The third-order valence-corrected chi connectivity index (χ3v) is 6.14. The lowest BCUT2D eigenvalue weighted by Crippen LogP contribution is -2.28. The van der Waals surface area contributed by atoms with Gasteiger partial charge in [0, 0.05) is 28.6 Å². The summed E-state index contributed by atoms with van der Waals surface area (Å²) in [6.07, 6.45) is 4.00. The molecule has 3 aromatic rings. The Hall–Kier alpha value is -3.65. The van der Waals surface area contributed by atoms with Crippen molar-refractivity contribution >= 4 is 34.5 Å². The number of rotatable bonds is 4. The van der Waals surface area contributed by atoms with Crippen LogP contribution in [-0.4, -0.2) is 40.2 Å². The molecule has 2 unspecified atom stereocenters. The zero-order chi connectivity index (χ0) is 24.7. The molecule has 0 radical (unpaired) electrons. The SMILES string of the molecule is CCC1COC2N=CNC=C2c2cc(C(=O)Nc3ccc(OC(C)(C)C)cc3)cc3nc(C)n1c23. The number of nitrogens with one attached hydrogen (secondary N) is 2. The molecule has 0 saturated carbocycles. The van der Waals surface area contributed by atoms with Crippen LogP contribution in [0.3, 0.4) is 0 Å². The number of aliphatic imine (C=N–C) groups is 1. The molecule has 35 heavy (non-hydrogen) atoms. The molecule has 1 amide bonds. The third kappa shape index (κ3) is 4.53. The first-order valence-corrected chi connectivity index (χ1v) is 12.0. The van der Waals surface area contributed by atoms with E-state index in [1.807, 2.05) is 70.3 Å². The van der Waals surface area contributed by atoms with Gasteiger partial charge in [-0.1, -0.05) is 6.92 Å². The Kier molecular flexibility index (Phi) is 5.84. The van der Waals surface area contributed by atoms with E-state index < -0.39 is 6.23 Å². The molecule has 8 heteroatoms. The third-order valence-electron chi connectivity index (χ3n) is 6.14. The normalized spacial score (nSPS) is 19.3. The molecular formula is C27H31N5O3. The van der Waals surface area contributed by atoms with Crippen molar-refractivity contribution in [2.24, 2.45) is 4.99 Å². The quantitative estimate of drug-likeness (QED) is 0.553. The van der Waals surface area contributed by atoms with Gasteiger partial charge in [0.2, 0.25) is 0 Å². The minimum absolute atomic E-state index is 0.138. The highest BCUT2D eigenvalue weighted by Gasteiger charge is 2.29. The molecule has 2 aromatic carbocycles. The van der Waals surface area contributed by atoms with Gasteiger partial charge in [0.05, 0.1) is 30.0 Å². The number of nitrogens with zero attached hydrogens (tertiary/aromatic N) is 3. The molecule has 0 bridgehead atoms. The summed E-state index contributed by atoms with van der Waals surface area (Å²) in [6.45, 7) is 10.7. The molecule has 0 spiro atoms. The van der Waals surface area contributed by atoms with Crippen molar-refractivity contribution in [1.29, 1.82) is 0 Å². The van der Waals surface area contributed by atoms with Gasteiger partial charge in [-0.05, 0) is 70.5 Å². The predicted molar refractivity (Wildman–Crippen MR) is 138 cm³/mol. The van der Waals surface area contributed by atoms with Crippen LogP contribution in [0.4, 0.5) is 5.69 Å². The maximum Gasteiger partial charge on any atom is 0.255 e. The van der Waals surface area contributed by atoms with Crippen molar-refractivity contribution in [1.82, 2.24) is 14.9 Å². The van der Waals surface area contributed by atoms with Gasteiger partial charge in [-0.25, -0.2) is 9.98 Å². The Morgan fingerprint density at radius 3 is 2.74 bits per heavy atom. The number of fused-ring (bicyclic) bond motifs is 2. The fourth-order valence-electron chi connectivity index (χ4n) is 4.62. The van der Waals surface area contributed by atoms with E-state index in [9.17, 15) is 4.79 Å². The second-order valence-electron chi connectivity index (χ2n) is 9.91. The molecule has 8 nitrogen and oxygen atoms in total. The highest BCUT2D eigenvalue weighted by atomic mass is 16.5. The smallest absolute Gasteiger partial charge is 0.255 e. The maximum absolute atomic E-state index is 13.3. The van der Waals surface area contributed by atoms with E-state index in [0.717, 1.165) is 40.2 Å². The van der Waals surface area contributed by atoms with Crippen LogP contribution >= 0.6 is 0 Å². The summed E-state index contributed by atoms with van der Waals surface area (Å²) in [5, 5.41) is 6.07. The lowest BCUT2D eigenvalue weighted by atomic mass is 9.98. The molecular weight excluding hydrogens is 442 g/mol. The molecule has 1 aromatic heterocycles. The summed E-state index contributed by atoms with van der Waals surface area (Å²) >= 11 is 0. The zero-order valence-electron chi connectivity index (χ0n) is 20.8. The first kappa shape index (κ1) is 23.1. The summed E-state index contributed by atoms with van der Waals surface area (Å²) in [5.41, 5.74) is 4.50. The summed E-state index contributed by atoms with van der Waals surface area (Å²) in [6, 6.07) is 11.3. The Bertz CT molecular complexity index is 1330. The molecule has 2 N–H and O–H groups in total. The number of hydrogen-bond acceptors (Lipinski definition) is 6. The second kappa shape index (κ2) is 8.85. The number of aryl methyl sites for hydroxylation is 1. The van der Waals surface area contributed by atoms with Gasteiger partial charge in [0.1, 0.15) is 17.2 Å². The molecule has 3 heterocycles. The first-order chi connectivity index (χ1) is 16.7. The average Bonchev–Trinajstić information content (AvgIpc) is 3.14.